The summed E-state index contributed by atoms with van der Waals surface area (Å²) in [5.41, 5.74) is 9.32. The van der Waals surface area contributed by atoms with Crippen LogP contribution in [-0.4, -0.2) is 17.8 Å². The Morgan fingerprint density at radius 2 is 2.13 bits per heavy atom. The molecule has 1 aromatic carbocycles. The molecule has 6 nitrogen and oxygen atoms in total. The highest BCUT2D eigenvalue weighted by Crippen LogP contribution is 2.16. The fourth-order valence-corrected chi connectivity index (χ4v) is 2.37. The second-order valence-electron chi connectivity index (χ2n) is 4.83. The van der Waals surface area contributed by atoms with Crippen molar-refractivity contribution in [3.8, 4) is 11.8 Å². The van der Waals surface area contributed by atoms with Crippen molar-refractivity contribution < 1.29 is 4.74 Å². The fraction of sp³-hybridized carbons (Fsp3) is 0.312. The van der Waals surface area contributed by atoms with Crippen LogP contribution in [0.25, 0.3) is 0 Å². The monoisotopic (exact) mass is 329 g/mol. The van der Waals surface area contributed by atoms with Crippen LogP contribution in [0.5, 0.6) is 5.75 Å². The van der Waals surface area contributed by atoms with Crippen molar-refractivity contribution in [3.63, 3.8) is 0 Å². The Labute approximate surface area is 139 Å². The third-order valence-corrected chi connectivity index (χ3v) is 3.74. The lowest BCUT2D eigenvalue weighted by atomic mass is 10.2. The zero-order chi connectivity index (χ0) is 16.3. The summed E-state index contributed by atoms with van der Waals surface area (Å²) >= 11 is 1.40. The van der Waals surface area contributed by atoms with Crippen molar-refractivity contribution in [2.75, 3.05) is 17.8 Å². The van der Waals surface area contributed by atoms with Crippen LogP contribution < -0.4 is 15.9 Å². The van der Waals surface area contributed by atoms with Crippen LogP contribution in [0.1, 0.15) is 31.2 Å². The lowest BCUT2D eigenvalue weighted by Gasteiger charge is -2.05. The zero-order valence-electron chi connectivity index (χ0n) is 12.7. The Morgan fingerprint density at radius 3 is 2.83 bits per heavy atom. The molecule has 1 aromatic heterocycles. The van der Waals surface area contributed by atoms with Crippen LogP contribution in [0.4, 0.5) is 10.9 Å². The van der Waals surface area contributed by atoms with Gasteiger partial charge in [0.15, 0.2) is 0 Å². The Hall–Kier alpha value is -2.59. The number of aromatic nitrogens is 1. The normalized spacial score (nSPS) is 10.6. The number of thiazole rings is 1. The summed E-state index contributed by atoms with van der Waals surface area (Å²) in [5, 5.41) is 15.0. The first-order chi connectivity index (χ1) is 11.3. The largest absolute Gasteiger partial charge is 0.494 e. The minimum atomic E-state index is 0.488. The van der Waals surface area contributed by atoms with Crippen LogP contribution >= 0.6 is 11.3 Å². The van der Waals surface area contributed by atoms with Crippen molar-refractivity contribution >= 4 is 28.5 Å². The summed E-state index contributed by atoms with van der Waals surface area (Å²) in [6, 6.07) is 9.85. The molecule has 0 spiro atoms. The van der Waals surface area contributed by atoms with E-state index < -0.39 is 0 Å². The smallest absolute Gasteiger partial charge is 0.205 e. The van der Waals surface area contributed by atoms with Gasteiger partial charge < -0.3 is 10.5 Å². The van der Waals surface area contributed by atoms with Crippen LogP contribution in [-0.2, 0) is 0 Å². The van der Waals surface area contributed by atoms with E-state index in [0.717, 1.165) is 30.6 Å². The predicted octanol–water partition coefficient (Wildman–Crippen LogP) is 3.63. The van der Waals surface area contributed by atoms with Gasteiger partial charge in [-0.2, -0.15) is 10.4 Å². The topological polar surface area (TPSA) is 96.3 Å². The molecule has 2 aromatic rings. The number of nitrogens with zero attached hydrogens (tertiary/aromatic N) is 3. The van der Waals surface area contributed by atoms with Crippen LogP contribution in [0.2, 0.25) is 0 Å². The summed E-state index contributed by atoms with van der Waals surface area (Å²) in [7, 11) is 0. The molecule has 7 heteroatoms. The van der Waals surface area contributed by atoms with E-state index in [9.17, 15) is 0 Å². The maximum absolute atomic E-state index is 8.45. The molecule has 0 aliphatic heterocycles. The highest BCUT2D eigenvalue weighted by Gasteiger charge is 1.97. The molecule has 120 valence electrons. The van der Waals surface area contributed by atoms with E-state index in [-0.39, 0.29) is 0 Å². The van der Waals surface area contributed by atoms with Crippen LogP contribution in [0.3, 0.4) is 0 Å². The molecular formula is C16H19N5OS. The van der Waals surface area contributed by atoms with E-state index in [1.54, 1.807) is 11.6 Å². The van der Waals surface area contributed by atoms with Crippen molar-refractivity contribution in [3.05, 3.63) is 35.2 Å². The molecule has 3 N–H and O–H groups in total. The van der Waals surface area contributed by atoms with Crippen molar-refractivity contribution in [2.24, 2.45) is 5.10 Å². The molecule has 0 saturated carbocycles. The number of rotatable bonds is 9. The number of unbranched alkanes of at least 4 members (excludes halogenated alkanes) is 3. The summed E-state index contributed by atoms with van der Waals surface area (Å²) in [4.78, 5) is 4.05. The maximum Gasteiger partial charge on any atom is 0.205 e. The zero-order valence-corrected chi connectivity index (χ0v) is 13.6. The van der Waals surface area contributed by atoms with Gasteiger partial charge in [0.05, 0.1) is 18.9 Å². The molecule has 0 fully saturated rings. The Morgan fingerprint density at radius 1 is 1.30 bits per heavy atom. The highest BCUT2D eigenvalue weighted by atomic mass is 32.1. The van der Waals surface area contributed by atoms with Crippen LogP contribution in [0.15, 0.2) is 34.7 Å². The number of hydrogen-bond acceptors (Lipinski definition) is 7. The number of nitrogen functional groups attached to an aromatic ring is 1. The number of anilines is 2. The van der Waals surface area contributed by atoms with Gasteiger partial charge in [-0.25, -0.2) is 4.98 Å². The van der Waals surface area contributed by atoms with Gasteiger partial charge in [0, 0.05) is 11.8 Å². The number of hydrogen-bond donors (Lipinski definition) is 2. The third kappa shape index (κ3) is 6.36. The summed E-state index contributed by atoms with van der Waals surface area (Å²) < 4.78 is 5.65. The Balaban J connectivity index is 1.70. The second-order valence-corrected chi connectivity index (χ2v) is 5.69. The SMILES string of the molecule is N#CCCCCCOc1ccc(C=NNc2nc(N)cs2)cc1. The molecule has 0 bridgehead atoms. The summed E-state index contributed by atoms with van der Waals surface area (Å²) in [6.45, 7) is 0.673. The highest BCUT2D eigenvalue weighted by molar-refractivity contribution is 7.14. The van der Waals surface area contributed by atoms with Gasteiger partial charge in [-0.05, 0) is 49.1 Å². The van der Waals surface area contributed by atoms with E-state index in [2.05, 4.69) is 21.6 Å². The first-order valence-electron chi connectivity index (χ1n) is 7.38. The van der Waals surface area contributed by atoms with Crippen molar-refractivity contribution in [1.82, 2.24) is 4.98 Å². The maximum atomic E-state index is 8.45. The van der Waals surface area contributed by atoms with Gasteiger partial charge in [0.25, 0.3) is 0 Å². The van der Waals surface area contributed by atoms with Gasteiger partial charge >= 0.3 is 0 Å². The van der Waals surface area contributed by atoms with Gasteiger partial charge in [-0.3, -0.25) is 5.43 Å². The van der Waals surface area contributed by atoms with E-state index >= 15 is 0 Å². The molecule has 0 aliphatic rings. The quantitative estimate of drug-likeness (QED) is 0.416. The lowest BCUT2D eigenvalue weighted by Crippen LogP contribution is -1.97. The lowest BCUT2D eigenvalue weighted by molar-refractivity contribution is 0.305. The van der Waals surface area contributed by atoms with Gasteiger partial charge in [-0.1, -0.05) is 0 Å². The first kappa shape index (κ1) is 16.8. The minimum absolute atomic E-state index is 0.488. The van der Waals surface area contributed by atoms with E-state index in [0.29, 0.717) is 24.0 Å². The van der Waals surface area contributed by atoms with Crippen LogP contribution in [0, 0.1) is 11.3 Å². The molecule has 0 radical (unpaired) electrons. The Bertz CT molecular complexity index is 660. The summed E-state index contributed by atoms with van der Waals surface area (Å²) in [5.74, 6) is 1.32. The second kappa shape index (κ2) is 9.43. The van der Waals surface area contributed by atoms with Gasteiger partial charge in [0.2, 0.25) is 5.13 Å². The average Bonchev–Trinajstić information content (AvgIpc) is 2.97. The minimum Gasteiger partial charge on any atom is -0.494 e. The number of nitriles is 1. The summed E-state index contributed by atoms with van der Waals surface area (Å²) in [6.07, 6.45) is 5.25. The molecular weight excluding hydrogens is 310 g/mol. The van der Waals surface area contributed by atoms with Gasteiger partial charge in [-0.15, -0.1) is 11.3 Å². The predicted molar refractivity (Wildman–Crippen MR) is 93.8 cm³/mol. The molecule has 0 amide bonds. The van der Waals surface area contributed by atoms with Gasteiger partial charge in [0.1, 0.15) is 11.6 Å². The molecule has 1 heterocycles. The van der Waals surface area contributed by atoms with E-state index in [1.165, 1.54) is 11.3 Å². The standard InChI is InChI=1S/C16H19N5OS/c17-9-3-1-2-4-10-22-14-7-5-13(6-8-14)11-19-21-16-20-15(18)12-23-16/h5-8,11-12H,1-4,10,18H2,(H,20,21). The number of hydrazone groups is 1. The molecule has 0 saturated heterocycles. The molecule has 0 aliphatic carbocycles. The fourth-order valence-electron chi connectivity index (χ4n) is 1.82. The van der Waals surface area contributed by atoms with Crippen molar-refractivity contribution in [2.45, 2.75) is 25.7 Å². The number of ether oxygens (including phenoxy) is 1. The number of nitrogens with two attached hydrogens (primary N) is 1. The van der Waals surface area contributed by atoms with Crippen molar-refractivity contribution in [1.29, 1.82) is 5.26 Å². The van der Waals surface area contributed by atoms with E-state index in [4.69, 9.17) is 15.7 Å². The average molecular weight is 329 g/mol. The molecule has 2 rings (SSSR count). The molecule has 0 unspecified atom stereocenters. The number of benzene rings is 1. The van der Waals surface area contributed by atoms with E-state index in [1.807, 2.05) is 24.3 Å². The number of nitrogens with one attached hydrogen (secondary N) is 1. The molecule has 0 atom stereocenters. The third-order valence-electron chi connectivity index (χ3n) is 2.98. The Kier molecular flexibility index (Phi) is 6.88. The molecule has 23 heavy (non-hydrogen) atoms. The first-order valence-corrected chi connectivity index (χ1v) is 8.26.